The van der Waals surface area contributed by atoms with E-state index in [2.05, 4.69) is 10.2 Å². The third-order valence-electron chi connectivity index (χ3n) is 4.44. The lowest BCUT2D eigenvalue weighted by Crippen LogP contribution is -2.25. The number of Topliss-reactive ketones (excluding diaryl/α,β-unsaturated/α-hetero) is 1. The summed E-state index contributed by atoms with van der Waals surface area (Å²) < 4.78 is 7.19. The van der Waals surface area contributed by atoms with Crippen LogP contribution < -0.4 is 5.69 Å². The van der Waals surface area contributed by atoms with Gasteiger partial charge in [0.25, 0.3) is 0 Å². The normalized spacial score (nSPS) is 18.4. The average Bonchev–Trinajstić information content (AvgIpc) is 3.21. The lowest BCUT2D eigenvalue weighted by atomic mass is 10.0. The predicted octanol–water partition coefficient (Wildman–Crippen LogP) is 2.73. The van der Waals surface area contributed by atoms with Crippen molar-refractivity contribution in [2.24, 2.45) is 0 Å². The molecule has 1 N–H and O–H groups in total. The van der Waals surface area contributed by atoms with Gasteiger partial charge in [-0.1, -0.05) is 29.5 Å². The lowest BCUT2D eigenvalue weighted by molar-refractivity contribution is 0.0941. The van der Waals surface area contributed by atoms with Crippen molar-refractivity contribution in [3.63, 3.8) is 0 Å². The summed E-state index contributed by atoms with van der Waals surface area (Å²) in [6, 6.07) is 5.87. The maximum Gasteiger partial charge on any atom is 0.344 e. The Bertz CT molecular complexity index is 821. The Morgan fingerprint density at radius 3 is 3.00 bits per heavy atom. The molecule has 0 bridgehead atoms. The van der Waals surface area contributed by atoms with Gasteiger partial charge in [0.2, 0.25) is 0 Å². The van der Waals surface area contributed by atoms with Crippen LogP contribution in [0.4, 0.5) is 0 Å². The van der Waals surface area contributed by atoms with Gasteiger partial charge in [-0.3, -0.25) is 9.36 Å². The van der Waals surface area contributed by atoms with Crippen LogP contribution in [0.1, 0.15) is 41.3 Å². The van der Waals surface area contributed by atoms with Gasteiger partial charge in [0, 0.05) is 12.2 Å². The van der Waals surface area contributed by atoms with Crippen LogP contribution in [0.3, 0.4) is 0 Å². The second-order valence-corrected chi connectivity index (χ2v) is 7.81. The van der Waals surface area contributed by atoms with E-state index in [4.69, 9.17) is 4.74 Å². The minimum atomic E-state index is -0.334. The number of carbonyl (C=O) groups is 1. The fraction of sp³-hybridized carbons (Fsp3) is 0.500. The summed E-state index contributed by atoms with van der Waals surface area (Å²) in [5, 5.41) is 6.78. The first kappa shape index (κ1) is 17.9. The lowest BCUT2D eigenvalue weighted by Gasteiger charge is -2.14. The first-order valence-corrected chi connectivity index (χ1v) is 9.38. The molecule has 1 aromatic carbocycles. The molecule has 7 heteroatoms. The third kappa shape index (κ3) is 4.04. The highest BCUT2D eigenvalue weighted by Crippen LogP contribution is 2.25. The van der Waals surface area contributed by atoms with Crippen LogP contribution >= 0.6 is 11.8 Å². The molecule has 6 nitrogen and oxygen atoms in total. The van der Waals surface area contributed by atoms with E-state index >= 15 is 0 Å². The van der Waals surface area contributed by atoms with E-state index < -0.39 is 0 Å². The number of thioether (sulfide) groups is 1. The van der Waals surface area contributed by atoms with Gasteiger partial charge in [-0.25, -0.2) is 9.89 Å². The van der Waals surface area contributed by atoms with Gasteiger partial charge in [-0.05, 0) is 45.2 Å². The maximum absolute atomic E-state index is 12.8. The average molecular weight is 361 g/mol. The van der Waals surface area contributed by atoms with Crippen LogP contribution in [0.5, 0.6) is 0 Å². The number of hydrogen-bond acceptors (Lipinski definition) is 5. The van der Waals surface area contributed by atoms with E-state index in [9.17, 15) is 9.59 Å². The molecule has 2 aromatic rings. The molecule has 2 heterocycles. The zero-order valence-electron chi connectivity index (χ0n) is 14.7. The van der Waals surface area contributed by atoms with Gasteiger partial charge < -0.3 is 4.74 Å². The minimum absolute atomic E-state index is 0.0414. The molecule has 3 rings (SSSR count). The Hall–Kier alpha value is -1.86. The van der Waals surface area contributed by atoms with E-state index in [0.717, 1.165) is 36.1 Å². The number of hydrogen-bond donors (Lipinski definition) is 1. The molecule has 25 heavy (non-hydrogen) atoms. The number of ketones is 1. The Labute approximate surface area is 151 Å². The molecule has 1 aliphatic rings. The molecule has 0 amide bonds. The Kier molecular flexibility index (Phi) is 5.44. The van der Waals surface area contributed by atoms with Gasteiger partial charge >= 0.3 is 5.69 Å². The van der Waals surface area contributed by atoms with Crippen LogP contribution in [0.2, 0.25) is 0 Å². The van der Waals surface area contributed by atoms with Gasteiger partial charge in [-0.15, -0.1) is 5.10 Å². The number of aromatic amines is 1. The molecule has 0 spiro atoms. The van der Waals surface area contributed by atoms with Crippen molar-refractivity contribution >= 4 is 17.5 Å². The number of benzene rings is 1. The molecule has 134 valence electrons. The molecule has 1 aromatic heterocycles. The van der Waals surface area contributed by atoms with E-state index in [0.29, 0.717) is 11.7 Å². The summed E-state index contributed by atoms with van der Waals surface area (Å²) in [6.45, 7) is 6.97. The Morgan fingerprint density at radius 1 is 1.48 bits per heavy atom. The first-order chi connectivity index (χ1) is 12.0. The van der Waals surface area contributed by atoms with Crippen molar-refractivity contribution in [2.75, 3.05) is 6.61 Å². The highest BCUT2D eigenvalue weighted by molar-refractivity contribution is 8.00. The van der Waals surface area contributed by atoms with Crippen molar-refractivity contribution in [1.82, 2.24) is 14.8 Å². The Morgan fingerprint density at radius 2 is 2.28 bits per heavy atom. The van der Waals surface area contributed by atoms with Crippen molar-refractivity contribution in [3.05, 3.63) is 45.4 Å². The summed E-state index contributed by atoms with van der Waals surface area (Å²) >= 11 is 1.31. The second-order valence-electron chi connectivity index (χ2n) is 6.50. The van der Waals surface area contributed by atoms with Crippen molar-refractivity contribution in [3.8, 4) is 0 Å². The molecule has 2 unspecified atom stereocenters. The quantitative estimate of drug-likeness (QED) is 0.632. The summed E-state index contributed by atoms with van der Waals surface area (Å²) in [7, 11) is 0. The molecule has 1 saturated heterocycles. The largest absolute Gasteiger partial charge is 0.376 e. The van der Waals surface area contributed by atoms with Crippen molar-refractivity contribution < 1.29 is 9.53 Å². The smallest absolute Gasteiger partial charge is 0.344 e. The van der Waals surface area contributed by atoms with Crippen LogP contribution in [-0.4, -0.2) is 38.5 Å². The zero-order chi connectivity index (χ0) is 18.0. The summed E-state index contributed by atoms with van der Waals surface area (Å²) in [5.74, 6) is 0.0466. The molecular weight excluding hydrogens is 338 g/mol. The van der Waals surface area contributed by atoms with E-state index in [1.165, 1.54) is 11.8 Å². The van der Waals surface area contributed by atoms with Gasteiger partial charge in [0.15, 0.2) is 10.9 Å². The number of rotatable bonds is 6. The topological polar surface area (TPSA) is 77.0 Å². The molecule has 1 aliphatic heterocycles. The predicted molar refractivity (Wildman–Crippen MR) is 97.4 cm³/mol. The molecule has 2 atom stereocenters. The standard InChI is InChI=1S/C18H23N3O3S/c1-11-6-7-12(2)15(9-11)16(22)13(3)25-18-20-19-17(23)21(18)10-14-5-4-8-24-14/h6-7,9,13-14H,4-5,8,10H2,1-3H3,(H,19,23). The van der Waals surface area contributed by atoms with Gasteiger partial charge in [0.1, 0.15) is 0 Å². The molecule has 1 fully saturated rings. The summed E-state index contributed by atoms with van der Waals surface area (Å²) in [4.78, 5) is 24.9. The van der Waals surface area contributed by atoms with E-state index in [-0.39, 0.29) is 22.8 Å². The highest BCUT2D eigenvalue weighted by atomic mass is 32.2. The van der Waals surface area contributed by atoms with Gasteiger partial charge in [0.05, 0.1) is 17.9 Å². The Balaban J connectivity index is 1.76. The monoisotopic (exact) mass is 361 g/mol. The molecular formula is C18H23N3O3S. The number of H-pyrrole nitrogens is 1. The van der Waals surface area contributed by atoms with Gasteiger partial charge in [-0.2, -0.15) is 0 Å². The van der Waals surface area contributed by atoms with Crippen molar-refractivity contribution in [2.45, 2.75) is 56.7 Å². The molecule has 0 radical (unpaired) electrons. The number of nitrogens with one attached hydrogen (secondary N) is 1. The zero-order valence-corrected chi connectivity index (χ0v) is 15.6. The third-order valence-corrected chi connectivity index (χ3v) is 5.53. The number of carbonyl (C=O) groups excluding carboxylic acids is 1. The van der Waals surface area contributed by atoms with Crippen LogP contribution in [-0.2, 0) is 11.3 Å². The first-order valence-electron chi connectivity index (χ1n) is 8.50. The van der Waals surface area contributed by atoms with Crippen LogP contribution in [0, 0.1) is 13.8 Å². The van der Waals surface area contributed by atoms with Crippen LogP contribution in [0.15, 0.2) is 28.2 Å². The number of aromatic nitrogens is 3. The van der Waals surface area contributed by atoms with Crippen molar-refractivity contribution in [1.29, 1.82) is 0 Å². The summed E-state index contributed by atoms with van der Waals surface area (Å²) in [5.41, 5.74) is 2.48. The molecule has 0 saturated carbocycles. The fourth-order valence-corrected chi connectivity index (χ4v) is 3.91. The number of aryl methyl sites for hydroxylation is 2. The number of ether oxygens (including phenoxy) is 1. The van der Waals surface area contributed by atoms with E-state index in [1.807, 2.05) is 39.0 Å². The highest BCUT2D eigenvalue weighted by Gasteiger charge is 2.24. The minimum Gasteiger partial charge on any atom is -0.376 e. The fourth-order valence-electron chi connectivity index (χ4n) is 2.98. The maximum atomic E-state index is 12.8. The second kappa shape index (κ2) is 7.58. The SMILES string of the molecule is Cc1ccc(C)c(C(=O)C(C)Sc2n[nH]c(=O)n2CC2CCCO2)c1. The number of nitrogens with zero attached hydrogens (tertiary/aromatic N) is 2. The van der Waals surface area contributed by atoms with E-state index in [1.54, 1.807) is 4.57 Å². The van der Waals surface area contributed by atoms with Crippen LogP contribution in [0.25, 0.3) is 0 Å². The molecule has 0 aliphatic carbocycles. The summed E-state index contributed by atoms with van der Waals surface area (Å²) in [6.07, 6.45) is 2.00.